The standard InChI is InChI=1S/C31H40FNO3/c1-3-5-7-8-9-18-31(23-33)19-16-27(17-20-31)36-30(34)25-12-10-24(11-13-25)26-14-15-29(28(32)22-26)35-21-6-4-2/h10-15,22,27H,3-9,16-21H2,1-2H3. The molecule has 0 aliphatic heterocycles. The van der Waals surface area contributed by atoms with Gasteiger partial charge >= 0.3 is 5.97 Å². The Bertz CT molecular complexity index is 1000. The van der Waals surface area contributed by atoms with Crippen LogP contribution in [-0.2, 0) is 4.74 Å². The maximum absolute atomic E-state index is 14.4. The molecule has 0 heterocycles. The van der Waals surface area contributed by atoms with Crippen molar-refractivity contribution in [3.05, 3.63) is 53.8 Å². The Labute approximate surface area is 215 Å². The second kappa shape index (κ2) is 14.0. The lowest BCUT2D eigenvalue weighted by Gasteiger charge is -2.34. The van der Waals surface area contributed by atoms with Gasteiger partial charge < -0.3 is 9.47 Å². The van der Waals surface area contributed by atoms with Crippen molar-refractivity contribution in [3.63, 3.8) is 0 Å². The third-order valence-electron chi connectivity index (χ3n) is 7.30. The van der Waals surface area contributed by atoms with Crippen LogP contribution in [0.2, 0.25) is 0 Å². The predicted octanol–water partition coefficient (Wildman–Crippen LogP) is 8.64. The zero-order valence-corrected chi connectivity index (χ0v) is 21.9. The van der Waals surface area contributed by atoms with Gasteiger partial charge in [0.2, 0.25) is 0 Å². The molecule has 0 atom stereocenters. The fourth-order valence-electron chi connectivity index (χ4n) is 4.89. The summed E-state index contributed by atoms with van der Waals surface area (Å²) in [5, 5.41) is 9.80. The van der Waals surface area contributed by atoms with Crippen LogP contribution in [0.15, 0.2) is 42.5 Å². The minimum Gasteiger partial charge on any atom is -0.491 e. The number of esters is 1. The molecule has 0 saturated heterocycles. The molecule has 0 amide bonds. The van der Waals surface area contributed by atoms with Gasteiger partial charge in [-0.3, -0.25) is 0 Å². The molecule has 5 heteroatoms. The van der Waals surface area contributed by atoms with Crippen LogP contribution in [0.5, 0.6) is 5.75 Å². The van der Waals surface area contributed by atoms with E-state index < -0.39 is 5.82 Å². The van der Waals surface area contributed by atoms with Gasteiger partial charge in [0, 0.05) is 0 Å². The summed E-state index contributed by atoms with van der Waals surface area (Å²) in [5.41, 5.74) is 1.76. The van der Waals surface area contributed by atoms with Crippen LogP contribution in [0.3, 0.4) is 0 Å². The topological polar surface area (TPSA) is 59.3 Å². The van der Waals surface area contributed by atoms with Crippen molar-refractivity contribution in [2.75, 3.05) is 6.61 Å². The summed E-state index contributed by atoms with van der Waals surface area (Å²) in [6, 6.07) is 14.6. The average Bonchev–Trinajstić information content (AvgIpc) is 2.90. The van der Waals surface area contributed by atoms with Crippen molar-refractivity contribution in [1.29, 1.82) is 5.26 Å². The molecule has 3 rings (SSSR count). The molecule has 1 saturated carbocycles. The molecule has 1 fully saturated rings. The van der Waals surface area contributed by atoms with Gasteiger partial charge in [-0.05, 0) is 73.9 Å². The van der Waals surface area contributed by atoms with Crippen molar-refractivity contribution >= 4 is 5.97 Å². The summed E-state index contributed by atoms with van der Waals surface area (Å²) >= 11 is 0. The van der Waals surface area contributed by atoms with Gasteiger partial charge in [0.1, 0.15) is 6.10 Å². The van der Waals surface area contributed by atoms with E-state index in [9.17, 15) is 14.4 Å². The molecular weight excluding hydrogens is 453 g/mol. The highest BCUT2D eigenvalue weighted by atomic mass is 19.1. The van der Waals surface area contributed by atoms with E-state index in [1.807, 2.05) is 18.2 Å². The summed E-state index contributed by atoms with van der Waals surface area (Å²) in [6.07, 6.45) is 11.7. The highest BCUT2D eigenvalue weighted by molar-refractivity contribution is 5.90. The van der Waals surface area contributed by atoms with Gasteiger partial charge in [0.25, 0.3) is 0 Å². The Morgan fingerprint density at radius 2 is 1.64 bits per heavy atom. The van der Waals surface area contributed by atoms with Gasteiger partial charge in [0.05, 0.1) is 23.7 Å². The fraction of sp³-hybridized carbons (Fsp3) is 0.548. The average molecular weight is 494 g/mol. The highest BCUT2D eigenvalue weighted by Crippen LogP contribution is 2.41. The number of hydrogen-bond donors (Lipinski definition) is 0. The Hall–Kier alpha value is -2.87. The normalized spacial score (nSPS) is 19.4. The van der Waals surface area contributed by atoms with E-state index in [0.29, 0.717) is 12.2 Å². The largest absolute Gasteiger partial charge is 0.491 e. The molecule has 0 radical (unpaired) electrons. The Balaban J connectivity index is 1.50. The minimum absolute atomic E-state index is 0.145. The van der Waals surface area contributed by atoms with Crippen LogP contribution in [0.4, 0.5) is 4.39 Å². The first-order chi connectivity index (χ1) is 17.5. The van der Waals surface area contributed by atoms with Crippen LogP contribution in [0.1, 0.15) is 101 Å². The van der Waals surface area contributed by atoms with Crippen LogP contribution in [0, 0.1) is 22.6 Å². The maximum Gasteiger partial charge on any atom is 0.338 e. The number of hydrogen-bond acceptors (Lipinski definition) is 4. The molecule has 4 nitrogen and oxygen atoms in total. The van der Waals surface area contributed by atoms with E-state index in [0.717, 1.165) is 62.5 Å². The van der Waals surface area contributed by atoms with Gasteiger partial charge in [0.15, 0.2) is 11.6 Å². The second-order valence-corrected chi connectivity index (χ2v) is 10.1. The number of benzene rings is 2. The lowest BCUT2D eigenvalue weighted by molar-refractivity contribution is 0.0105. The molecule has 0 unspecified atom stereocenters. The molecular formula is C31H40FNO3. The van der Waals surface area contributed by atoms with E-state index >= 15 is 0 Å². The molecule has 0 N–H and O–H groups in total. The number of ether oxygens (including phenoxy) is 2. The molecule has 36 heavy (non-hydrogen) atoms. The number of rotatable bonds is 13. The summed E-state index contributed by atoms with van der Waals surface area (Å²) in [4.78, 5) is 12.7. The fourth-order valence-corrected chi connectivity index (χ4v) is 4.89. The quantitative estimate of drug-likeness (QED) is 0.207. The first-order valence-electron chi connectivity index (χ1n) is 13.7. The van der Waals surface area contributed by atoms with Crippen LogP contribution >= 0.6 is 0 Å². The van der Waals surface area contributed by atoms with E-state index in [-0.39, 0.29) is 23.2 Å². The van der Waals surface area contributed by atoms with Crippen molar-refractivity contribution in [3.8, 4) is 22.9 Å². The number of carbonyl (C=O) groups excluding carboxylic acids is 1. The highest BCUT2D eigenvalue weighted by Gasteiger charge is 2.36. The number of nitrogens with zero attached hydrogens (tertiary/aromatic N) is 1. The third-order valence-corrected chi connectivity index (χ3v) is 7.30. The zero-order chi connectivity index (χ0) is 25.8. The third kappa shape index (κ3) is 7.82. The Kier molecular flexibility index (Phi) is 10.8. The number of halogens is 1. The SMILES string of the molecule is CCCCCCCC1(C#N)CCC(OC(=O)c2ccc(-c3ccc(OCCCC)c(F)c3)cc2)CC1. The monoisotopic (exact) mass is 493 g/mol. The first kappa shape index (κ1) is 27.7. The molecule has 1 aliphatic rings. The zero-order valence-electron chi connectivity index (χ0n) is 21.9. The Morgan fingerprint density at radius 1 is 0.972 bits per heavy atom. The van der Waals surface area contributed by atoms with Crippen molar-refractivity contribution in [2.24, 2.45) is 5.41 Å². The summed E-state index contributed by atoms with van der Waals surface area (Å²) in [7, 11) is 0. The molecule has 0 bridgehead atoms. The van der Waals surface area contributed by atoms with Gasteiger partial charge in [-0.15, -0.1) is 0 Å². The summed E-state index contributed by atoms with van der Waals surface area (Å²) in [5.74, 6) is -0.475. The van der Waals surface area contributed by atoms with Gasteiger partial charge in [-0.1, -0.05) is 70.6 Å². The summed E-state index contributed by atoms with van der Waals surface area (Å²) < 4.78 is 25.7. The minimum atomic E-state index is -0.390. The molecule has 0 spiro atoms. The van der Waals surface area contributed by atoms with Crippen LogP contribution in [-0.4, -0.2) is 18.7 Å². The van der Waals surface area contributed by atoms with E-state index in [4.69, 9.17) is 9.47 Å². The number of carbonyl (C=O) groups is 1. The number of nitriles is 1. The lowest BCUT2D eigenvalue weighted by Crippen LogP contribution is -2.31. The predicted molar refractivity (Wildman–Crippen MR) is 141 cm³/mol. The van der Waals surface area contributed by atoms with E-state index in [1.165, 1.54) is 31.7 Å². The van der Waals surface area contributed by atoms with Crippen LogP contribution in [0.25, 0.3) is 11.1 Å². The second-order valence-electron chi connectivity index (χ2n) is 10.1. The lowest BCUT2D eigenvalue weighted by atomic mass is 9.71. The first-order valence-corrected chi connectivity index (χ1v) is 13.7. The molecule has 0 aromatic heterocycles. The van der Waals surface area contributed by atoms with Gasteiger partial charge in [-0.2, -0.15) is 5.26 Å². The smallest absolute Gasteiger partial charge is 0.338 e. The summed E-state index contributed by atoms with van der Waals surface area (Å²) in [6.45, 7) is 4.77. The number of unbranched alkanes of at least 4 members (excludes halogenated alkanes) is 5. The molecule has 2 aromatic rings. The molecule has 1 aliphatic carbocycles. The maximum atomic E-state index is 14.4. The van der Waals surface area contributed by atoms with Crippen molar-refractivity contribution < 1.29 is 18.7 Å². The van der Waals surface area contributed by atoms with E-state index in [2.05, 4.69) is 19.9 Å². The van der Waals surface area contributed by atoms with Gasteiger partial charge in [-0.25, -0.2) is 9.18 Å². The van der Waals surface area contributed by atoms with Crippen LogP contribution < -0.4 is 4.74 Å². The van der Waals surface area contributed by atoms with Crippen molar-refractivity contribution in [2.45, 2.75) is 97.0 Å². The molecule has 2 aromatic carbocycles. The Morgan fingerprint density at radius 3 is 2.28 bits per heavy atom. The van der Waals surface area contributed by atoms with Crippen molar-refractivity contribution in [1.82, 2.24) is 0 Å². The molecule has 194 valence electrons. The van der Waals surface area contributed by atoms with E-state index in [1.54, 1.807) is 18.2 Å².